The summed E-state index contributed by atoms with van der Waals surface area (Å²) in [5.74, 6) is 1.27. The number of nitrogens with zero attached hydrogens (tertiary/aromatic N) is 3. The monoisotopic (exact) mass is 289 g/mol. The highest BCUT2D eigenvalue weighted by Gasteiger charge is 2.20. The van der Waals surface area contributed by atoms with Crippen molar-refractivity contribution in [2.24, 2.45) is 0 Å². The average Bonchev–Trinajstić information content (AvgIpc) is 2.92. The zero-order chi connectivity index (χ0) is 14.7. The second-order valence-electron chi connectivity index (χ2n) is 5.66. The second-order valence-corrected chi connectivity index (χ2v) is 5.66. The van der Waals surface area contributed by atoms with Gasteiger partial charge in [-0.3, -0.25) is 0 Å². The van der Waals surface area contributed by atoms with Gasteiger partial charge in [-0.1, -0.05) is 13.3 Å². The van der Waals surface area contributed by atoms with Gasteiger partial charge in [-0.25, -0.2) is 4.98 Å². The van der Waals surface area contributed by atoms with Gasteiger partial charge >= 0.3 is 0 Å². The first-order valence-electron chi connectivity index (χ1n) is 7.86. The minimum absolute atomic E-state index is 0.476. The number of hydrogen-bond acceptors (Lipinski definition) is 4. The molecule has 5 heteroatoms. The number of aryl methyl sites for hydroxylation is 1. The molecule has 114 valence electrons. The lowest BCUT2D eigenvalue weighted by Crippen LogP contribution is -2.14. The molecule has 1 saturated heterocycles. The van der Waals surface area contributed by atoms with Crippen LogP contribution in [-0.2, 0) is 4.74 Å². The van der Waals surface area contributed by atoms with Crippen molar-refractivity contribution in [1.29, 1.82) is 0 Å². The molecular weight excluding hydrogens is 266 g/mol. The molecule has 2 aromatic heterocycles. The minimum Gasteiger partial charge on any atom is -0.478 e. The van der Waals surface area contributed by atoms with E-state index in [0.717, 1.165) is 68.4 Å². The molecule has 3 heterocycles. The Morgan fingerprint density at radius 1 is 1.33 bits per heavy atom. The first-order chi connectivity index (χ1) is 10.3. The van der Waals surface area contributed by atoms with E-state index in [1.165, 1.54) is 0 Å². The Labute approximate surface area is 125 Å². The molecule has 2 aromatic rings. The molecule has 0 N–H and O–H groups in total. The molecule has 1 aliphatic heterocycles. The molecule has 0 bridgehead atoms. The summed E-state index contributed by atoms with van der Waals surface area (Å²) >= 11 is 0. The van der Waals surface area contributed by atoms with Gasteiger partial charge in [0, 0.05) is 37.0 Å². The highest BCUT2D eigenvalue weighted by Crippen LogP contribution is 2.27. The van der Waals surface area contributed by atoms with Crippen LogP contribution in [0.25, 0.3) is 5.65 Å². The van der Waals surface area contributed by atoms with E-state index in [0.29, 0.717) is 5.92 Å². The Hall–Kier alpha value is -1.62. The molecule has 1 aliphatic rings. The first-order valence-corrected chi connectivity index (χ1v) is 7.86. The Bertz CT molecular complexity index is 603. The highest BCUT2D eigenvalue weighted by atomic mass is 16.5. The fourth-order valence-electron chi connectivity index (χ4n) is 2.70. The van der Waals surface area contributed by atoms with Crippen molar-refractivity contribution in [3.63, 3.8) is 0 Å². The highest BCUT2D eigenvalue weighted by molar-refractivity contribution is 5.44. The number of fused-ring (bicyclic) bond motifs is 1. The van der Waals surface area contributed by atoms with Crippen LogP contribution >= 0.6 is 0 Å². The van der Waals surface area contributed by atoms with E-state index >= 15 is 0 Å². The fraction of sp³-hybridized carbons (Fsp3) is 0.625. The maximum atomic E-state index is 5.88. The molecule has 0 radical (unpaired) electrons. The lowest BCUT2D eigenvalue weighted by molar-refractivity contribution is 0.0844. The van der Waals surface area contributed by atoms with Crippen molar-refractivity contribution in [1.82, 2.24) is 14.6 Å². The third-order valence-electron chi connectivity index (χ3n) is 3.93. The van der Waals surface area contributed by atoms with Crippen molar-refractivity contribution in [2.45, 2.75) is 45.4 Å². The van der Waals surface area contributed by atoms with Gasteiger partial charge in [-0.15, -0.1) is 0 Å². The van der Waals surface area contributed by atoms with Crippen LogP contribution in [0.2, 0.25) is 0 Å². The van der Waals surface area contributed by atoms with Crippen LogP contribution in [0.4, 0.5) is 0 Å². The van der Waals surface area contributed by atoms with E-state index < -0.39 is 0 Å². The van der Waals surface area contributed by atoms with Crippen LogP contribution in [-0.4, -0.2) is 34.4 Å². The number of ether oxygens (including phenoxy) is 2. The number of rotatable bonds is 5. The van der Waals surface area contributed by atoms with Gasteiger partial charge in [0.15, 0.2) is 5.65 Å². The predicted octanol–water partition coefficient (Wildman–Crippen LogP) is 3.11. The van der Waals surface area contributed by atoms with Crippen molar-refractivity contribution >= 4 is 5.65 Å². The zero-order valence-electron chi connectivity index (χ0n) is 12.8. The van der Waals surface area contributed by atoms with Crippen molar-refractivity contribution in [3.8, 4) is 5.88 Å². The van der Waals surface area contributed by atoms with E-state index in [-0.39, 0.29) is 0 Å². The normalized spacial score (nSPS) is 16.5. The zero-order valence-corrected chi connectivity index (χ0v) is 12.8. The molecule has 21 heavy (non-hydrogen) atoms. The van der Waals surface area contributed by atoms with Crippen LogP contribution in [0.3, 0.4) is 0 Å². The summed E-state index contributed by atoms with van der Waals surface area (Å²) in [6.45, 7) is 6.53. The SMILES string of the molecule is CCCCOc1cc(C)nc2cc(C3CCOCC3)nn12. The summed E-state index contributed by atoms with van der Waals surface area (Å²) in [5, 5.41) is 4.73. The average molecular weight is 289 g/mol. The standard InChI is InChI=1S/C16H23N3O2/c1-3-4-7-21-16-10-12(2)17-15-11-14(18-19(15)16)13-5-8-20-9-6-13/h10-11,13H,3-9H2,1-2H3. The lowest BCUT2D eigenvalue weighted by Gasteiger charge is -2.19. The molecule has 0 atom stereocenters. The number of hydrogen-bond donors (Lipinski definition) is 0. The summed E-state index contributed by atoms with van der Waals surface area (Å²) in [6, 6.07) is 4.05. The molecule has 0 saturated carbocycles. The Morgan fingerprint density at radius 2 is 2.14 bits per heavy atom. The Morgan fingerprint density at radius 3 is 2.90 bits per heavy atom. The minimum atomic E-state index is 0.476. The molecule has 0 spiro atoms. The van der Waals surface area contributed by atoms with E-state index in [2.05, 4.69) is 18.0 Å². The lowest BCUT2D eigenvalue weighted by atomic mass is 9.97. The molecule has 0 amide bonds. The van der Waals surface area contributed by atoms with Gasteiger partial charge in [0.2, 0.25) is 5.88 Å². The van der Waals surface area contributed by atoms with Crippen molar-refractivity contribution in [2.75, 3.05) is 19.8 Å². The molecule has 0 aliphatic carbocycles. The third-order valence-corrected chi connectivity index (χ3v) is 3.93. The van der Waals surface area contributed by atoms with Crippen molar-refractivity contribution in [3.05, 3.63) is 23.5 Å². The fourth-order valence-corrected chi connectivity index (χ4v) is 2.70. The van der Waals surface area contributed by atoms with Crippen LogP contribution < -0.4 is 4.74 Å². The number of unbranched alkanes of at least 4 members (excludes halogenated alkanes) is 1. The summed E-state index contributed by atoms with van der Waals surface area (Å²) in [4.78, 5) is 4.57. The van der Waals surface area contributed by atoms with Gasteiger partial charge in [-0.05, 0) is 26.2 Å². The van der Waals surface area contributed by atoms with Crippen LogP contribution in [0.1, 0.15) is 49.9 Å². The predicted molar refractivity (Wildman–Crippen MR) is 80.9 cm³/mol. The second kappa shape index (κ2) is 6.43. The van der Waals surface area contributed by atoms with E-state index in [1.54, 1.807) is 0 Å². The molecule has 1 fully saturated rings. The summed E-state index contributed by atoms with van der Waals surface area (Å²) in [7, 11) is 0. The molecule has 0 unspecified atom stereocenters. The maximum absolute atomic E-state index is 5.88. The molecule has 0 aromatic carbocycles. The quantitative estimate of drug-likeness (QED) is 0.794. The van der Waals surface area contributed by atoms with Crippen LogP contribution in [0.5, 0.6) is 5.88 Å². The molecular formula is C16H23N3O2. The molecule has 5 nitrogen and oxygen atoms in total. The van der Waals surface area contributed by atoms with Gasteiger partial charge in [0.25, 0.3) is 0 Å². The van der Waals surface area contributed by atoms with Gasteiger partial charge < -0.3 is 9.47 Å². The van der Waals surface area contributed by atoms with E-state index in [1.807, 2.05) is 17.5 Å². The Balaban J connectivity index is 1.89. The van der Waals surface area contributed by atoms with Crippen LogP contribution in [0, 0.1) is 6.92 Å². The first kappa shape index (κ1) is 14.3. The molecule has 3 rings (SSSR count). The van der Waals surface area contributed by atoms with E-state index in [4.69, 9.17) is 14.6 Å². The summed E-state index contributed by atoms with van der Waals surface area (Å²) in [6.07, 6.45) is 4.25. The summed E-state index contributed by atoms with van der Waals surface area (Å²) < 4.78 is 13.1. The van der Waals surface area contributed by atoms with Crippen LogP contribution in [0.15, 0.2) is 12.1 Å². The topological polar surface area (TPSA) is 48.7 Å². The van der Waals surface area contributed by atoms with Gasteiger partial charge in [0.1, 0.15) is 0 Å². The smallest absolute Gasteiger partial charge is 0.218 e. The maximum Gasteiger partial charge on any atom is 0.218 e. The largest absolute Gasteiger partial charge is 0.478 e. The van der Waals surface area contributed by atoms with Crippen molar-refractivity contribution < 1.29 is 9.47 Å². The Kier molecular flexibility index (Phi) is 4.39. The van der Waals surface area contributed by atoms with Gasteiger partial charge in [-0.2, -0.15) is 9.61 Å². The number of aromatic nitrogens is 3. The van der Waals surface area contributed by atoms with E-state index in [9.17, 15) is 0 Å². The van der Waals surface area contributed by atoms with Gasteiger partial charge in [0.05, 0.1) is 12.3 Å². The summed E-state index contributed by atoms with van der Waals surface area (Å²) in [5.41, 5.74) is 2.95. The third kappa shape index (κ3) is 3.18.